The number of nitrogens with one attached hydrogen (secondary N) is 1. The number of rotatable bonds is 2. The van der Waals surface area contributed by atoms with Crippen LogP contribution in [0.25, 0.3) is 4.85 Å². The first-order valence-corrected chi connectivity index (χ1v) is 4.87. The number of H-pyrrole nitrogens is 1. The third kappa shape index (κ3) is 1.89. The molecule has 0 spiro atoms. The zero-order valence-electron chi connectivity index (χ0n) is 9.11. The minimum absolute atomic E-state index is 0.605. The van der Waals surface area contributed by atoms with Gasteiger partial charge in [-0.15, -0.1) is 0 Å². The van der Waals surface area contributed by atoms with E-state index in [2.05, 4.69) is 15.0 Å². The Morgan fingerprint density at radius 2 is 1.94 bits per heavy atom. The van der Waals surface area contributed by atoms with Crippen LogP contribution in [0.3, 0.4) is 0 Å². The van der Waals surface area contributed by atoms with Gasteiger partial charge in [-0.05, 0) is 26.0 Å². The summed E-state index contributed by atoms with van der Waals surface area (Å²) in [6.45, 7) is 10.6. The molecule has 4 nitrogen and oxygen atoms in total. The summed E-state index contributed by atoms with van der Waals surface area (Å²) in [5.74, 6) is 1.45. The van der Waals surface area contributed by atoms with Crippen molar-refractivity contribution >= 4 is 5.69 Å². The number of benzene rings is 1. The van der Waals surface area contributed by atoms with Crippen molar-refractivity contribution in [2.75, 3.05) is 0 Å². The van der Waals surface area contributed by atoms with Gasteiger partial charge in [0.25, 0.3) is 0 Å². The maximum atomic E-state index is 6.85. The quantitative estimate of drug-likeness (QED) is 0.777. The number of hydrogen-bond donors (Lipinski definition) is 1. The first kappa shape index (κ1) is 10.2. The van der Waals surface area contributed by atoms with E-state index in [0.29, 0.717) is 11.4 Å². The number of ether oxygens (including phenoxy) is 1. The highest BCUT2D eigenvalue weighted by Gasteiger charge is 2.08. The molecule has 80 valence electrons. The minimum atomic E-state index is 0.605. The summed E-state index contributed by atoms with van der Waals surface area (Å²) in [5.41, 5.74) is 2.33. The number of aromatic nitrogens is 2. The molecule has 16 heavy (non-hydrogen) atoms. The van der Waals surface area contributed by atoms with Crippen molar-refractivity contribution in [1.29, 1.82) is 0 Å². The molecule has 4 heteroatoms. The Morgan fingerprint density at radius 1 is 1.25 bits per heavy atom. The van der Waals surface area contributed by atoms with Gasteiger partial charge in [-0.25, -0.2) is 4.85 Å². The molecular weight excluding hydrogens is 202 g/mol. The van der Waals surface area contributed by atoms with Crippen LogP contribution in [-0.4, -0.2) is 10.2 Å². The second kappa shape index (κ2) is 4.07. The third-order valence-corrected chi connectivity index (χ3v) is 2.25. The number of nitrogens with zero attached hydrogens (tertiary/aromatic N) is 2. The van der Waals surface area contributed by atoms with Crippen molar-refractivity contribution in [3.05, 3.63) is 47.1 Å². The fraction of sp³-hybridized carbons (Fsp3) is 0.167. The molecule has 0 saturated carbocycles. The number of aryl methyl sites for hydroxylation is 2. The van der Waals surface area contributed by atoms with Gasteiger partial charge < -0.3 is 4.74 Å². The summed E-state index contributed by atoms with van der Waals surface area (Å²) < 4.78 is 5.68. The molecule has 0 unspecified atom stereocenters. The van der Waals surface area contributed by atoms with E-state index in [9.17, 15) is 0 Å². The molecule has 0 fully saturated rings. The predicted octanol–water partition coefficient (Wildman–Crippen LogP) is 3.37. The maximum Gasteiger partial charge on any atom is 0.187 e. The van der Waals surface area contributed by atoms with Crippen LogP contribution >= 0.6 is 0 Å². The van der Waals surface area contributed by atoms with Crippen molar-refractivity contribution in [1.82, 2.24) is 10.2 Å². The standard InChI is InChI=1S/C12H11N3O/c1-8-12(9(2)15-14-8)16-11-6-4-10(13-3)5-7-11/h4-7H,1-2H3,(H,14,15). The number of aromatic amines is 1. The van der Waals surface area contributed by atoms with Gasteiger partial charge in [0.1, 0.15) is 11.4 Å². The summed E-state index contributed by atoms with van der Waals surface area (Å²) in [4.78, 5) is 3.32. The second-order valence-electron chi connectivity index (χ2n) is 3.47. The van der Waals surface area contributed by atoms with Crippen LogP contribution in [0, 0.1) is 20.4 Å². The molecule has 1 aromatic heterocycles. The third-order valence-electron chi connectivity index (χ3n) is 2.25. The van der Waals surface area contributed by atoms with Gasteiger partial charge in [-0.1, -0.05) is 12.1 Å². The van der Waals surface area contributed by atoms with Gasteiger partial charge >= 0.3 is 0 Å². The summed E-state index contributed by atoms with van der Waals surface area (Å²) in [6, 6.07) is 7.01. The molecule has 1 aromatic carbocycles. The van der Waals surface area contributed by atoms with Crippen LogP contribution in [0.2, 0.25) is 0 Å². The van der Waals surface area contributed by atoms with E-state index in [1.54, 1.807) is 24.3 Å². The largest absolute Gasteiger partial charge is 0.454 e. The first-order chi connectivity index (χ1) is 7.70. The second-order valence-corrected chi connectivity index (χ2v) is 3.47. The lowest BCUT2D eigenvalue weighted by atomic mass is 10.3. The van der Waals surface area contributed by atoms with Crippen molar-refractivity contribution in [3.8, 4) is 11.5 Å². The smallest absolute Gasteiger partial charge is 0.187 e. The molecule has 0 atom stereocenters. The fourth-order valence-corrected chi connectivity index (χ4v) is 1.40. The monoisotopic (exact) mass is 213 g/mol. The van der Waals surface area contributed by atoms with E-state index in [-0.39, 0.29) is 0 Å². The van der Waals surface area contributed by atoms with Crippen LogP contribution < -0.4 is 4.74 Å². The van der Waals surface area contributed by atoms with Crippen molar-refractivity contribution in [2.45, 2.75) is 13.8 Å². The molecule has 0 radical (unpaired) electrons. The lowest BCUT2D eigenvalue weighted by Gasteiger charge is -2.05. The Morgan fingerprint density at radius 3 is 2.44 bits per heavy atom. The minimum Gasteiger partial charge on any atom is -0.454 e. The Balaban J connectivity index is 2.25. The molecule has 0 bridgehead atoms. The van der Waals surface area contributed by atoms with E-state index in [1.807, 2.05) is 13.8 Å². The maximum absolute atomic E-state index is 6.85. The first-order valence-electron chi connectivity index (χ1n) is 4.87. The van der Waals surface area contributed by atoms with Crippen molar-refractivity contribution in [3.63, 3.8) is 0 Å². The summed E-state index contributed by atoms with van der Waals surface area (Å²) in [7, 11) is 0. The predicted molar refractivity (Wildman–Crippen MR) is 60.8 cm³/mol. The van der Waals surface area contributed by atoms with Crippen LogP contribution in [0.1, 0.15) is 11.4 Å². The van der Waals surface area contributed by atoms with Crippen molar-refractivity contribution < 1.29 is 4.74 Å². The molecule has 2 rings (SSSR count). The molecular formula is C12H11N3O. The normalized spacial score (nSPS) is 9.81. The Hall–Kier alpha value is -2.28. The summed E-state index contributed by atoms with van der Waals surface area (Å²) in [6.07, 6.45) is 0. The Labute approximate surface area is 93.7 Å². The van der Waals surface area contributed by atoms with Crippen LogP contribution in [0.15, 0.2) is 24.3 Å². The molecule has 0 aliphatic heterocycles. The van der Waals surface area contributed by atoms with E-state index in [1.165, 1.54) is 0 Å². The number of hydrogen-bond acceptors (Lipinski definition) is 2. The summed E-state index contributed by atoms with van der Waals surface area (Å²) in [5, 5.41) is 6.90. The molecule has 0 saturated heterocycles. The zero-order valence-corrected chi connectivity index (χ0v) is 9.11. The van der Waals surface area contributed by atoms with Gasteiger partial charge in [0, 0.05) is 0 Å². The molecule has 0 amide bonds. The molecule has 0 aliphatic rings. The van der Waals surface area contributed by atoms with Gasteiger partial charge in [0.15, 0.2) is 11.4 Å². The Kier molecular flexibility index (Phi) is 2.61. The fourth-order valence-electron chi connectivity index (χ4n) is 1.40. The lowest BCUT2D eigenvalue weighted by molar-refractivity contribution is 0.475. The average molecular weight is 213 g/mol. The molecule has 1 heterocycles. The topological polar surface area (TPSA) is 42.3 Å². The van der Waals surface area contributed by atoms with Gasteiger partial charge in [0.2, 0.25) is 0 Å². The van der Waals surface area contributed by atoms with E-state index in [0.717, 1.165) is 17.1 Å². The average Bonchev–Trinajstić information content (AvgIpc) is 2.62. The van der Waals surface area contributed by atoms with Crippen LogP contribution in [0.5, 0.6) is 11.5 Å². The SMILES string of the molecule is [C-]#[N+]c1ccc(Oc2c(C)n[nH]c2C)cc1. The van der Waals surface area contributed by atoms with E-state index in [4.69, 9.17) is 11.3 Å². The zero-order chi connectivity index (χ0) is 11.5. The highest BCUT2D eigenvalue weighted by Crippen LogP contribution is 2.27. The van der Waals surface area contributed by atoms with E-state index < -0.39 is 0 Å². The van der Waals surface area contributed by atoms with Gasteiger partial charge in [0.05, 0.1) is 12.3 Å². The highest BCUT2D eigenvalue weighted by molar-refractivity contribution is 5.48. The molecule has 1 N–H and O–H groups in total. The highest BCUT2D eigenvalue weighted by atomic mass is 16.5. The van der Waals surface area contributed by atoms with Gasteiger partial charge in [-0.3, -0.25) is 5.10 Å². The summed E-state index contributed by atoms with van der Waals surface area (Å²) >= 11 is 0. The van der Waals surface area contributed by atoms with Gasteiger partial charge in [-0.2, -0.15) is 5.10 Å². The lowest BCUT2D eigenvalue weighted by Crippen LogP contribution is -1.86. The van der Waals surface area contributed by atoms with E-state index >= 15 is 0 Å². The van der Waals surface area contributed by atoms with Crippen LogP contribution in [0.4, 0.5) is 5.69 Å². The van der Waals surface area contributed by atoms with Crippen molar-refractivity contribution in [2.24, 2.45) is 0 Å². The molecule has 0 aliphatic carbocycles. The molecule has 2 aromatic rings. The van der Waals surface area contributed by atoms with Crippen LogP contribution in [-0.2, 0) is 0 Å². The Bertz CT molecular complexity index is 515.